The van der Waals surface area contributed by atoms with Gasteiger partial charge in [-0.05, 0) is 12.1 Å². The lowest BCUT2D eigenvalue weighted by Gasteiger charge is -2.03. The second kappa shape index (κ2) is 3.56. The van der Waals surface area contributed by atoms with Crippen LogP contribution in [0.2, 0.25) is 19.6 Å². The summed E-state index contributed by atoms with van der Waals surface area (Å²) >= 11 is 0. The molecular formula is C12H14N2Si. The summed E-state index contributed by atoms with van der Waals surface area (Å²) in [5, 5.41) is 0. The first-order valence-corrected chi connectivity index (χ1v) is 8.50. The molecule has 0 atom stereocenters. The summed E-state index contributed by atoms with van der Waals surface area (Å²) in [6.07, 6.45) is 5.73. The third kappa shape index (κ3) is 2.48. The van der Waals surface area contributed by atoms with Crippen molar-refractivity contribution in [3.05, 3.63) is 36.3 Å². The van der Waals surface area contributed by atoms with Gasteiger partial charge < -0.3 is 4.40 Å². The van der Waals surface area contributed by atoms with Crippen LogP contribution in [0, 0.1) is 11.5 Å². The van der Waals surface area contributed by atoms with Gasteiger partial charge in [-0.2, -0.15) is 0 Å². The summed E-state index contributed by atoms with van der Waals surface area (Å²) in [6, 6.07) is 4.05. The van der Waals surface area contributed by atoms with E-state index in [4.69, 9.17) is 0 Å². The van der Waals surface area contributed by atoms with Gasteiger partial charge in [-0.25, -0.2) is 4.98 Å². The van der Waals surface area contributed by atoms with Gasteiger partial charge in [-0.15, -0.1) is 5.54 Å². The molecule has 0 radical (unpaired) electrons. The topological polar surface area (TPSA) is 17.3 Å². The molecule has 0 saturated carbocycles. The summed E-state index contributed by atoms with van der Waals surface area (Å²) < 4.78 is 1.99. The highest BCUT2D eigenvalue weighted by Gasteiger charge is 2.07. The molecule has 3 heteroatoms. The Hall–Kier alpha value is -1.53. The molecule has 2 nitrogen and oxygen atoms in total. The van der Waals surface area contributed by atoms with Crippen molar-refractivity contribution >= 4 is 13.7 Å². The summed E-state index contributed by atoms with van der Waals surface area (Å²) in [5.74, 6) is 3.22. The Morgan fingerprint density at radius 2 is 2.07 bits per heavy atom. The molecule has 0 aliphatic heterocycles. The van der Waals surface area contributed by atoms with Crippen molar-refractivity contribution in [1.29, 1.82) is 0 Å². The Bertz CT molecular complexity index is 538. The van der Waals surface area contributed by atoms with Gasteiger partial charge in [0.1, 0.15) is 13.7 Å². The van der Waals surface area contributed by atoms with Crippen molar-refractivity contribution in [3.63, 3.8) is 0 Å². The number of hydrogen-bond acceptors (Lipinski definition) is 1. The van der Waals surface area contributed by atoms with E-state index < -0.39 is 8.07 Å². The third-order valence-electron chi connectivity index (χ3n) is 1.98. The van der Waals surface area contributed by atoms with Gasteiger partial charge in [-0.3, -0.25) is 0 Å². The van der Waals surface area contributed by atoms with Crippen molar-refractivity contribution in [2.75, 3.05) is 0 Å². The van der Waals surface area contributed by atoms with Crippen molar-refractivity contribution in [1.82, 2.24) is 9.38 Å². The highest BCUT2D eigenvalue weighted by atomic mass is 28.3. The minimum atomic E-state index is -1.28. The van der Waals surface area contributed by atoms with Crippen LogP contribution in [0.4, 0.5) is 0 Å². The van der Waals surface area contributed by atoms with Crippen LogP contribution in [0.5, 0.6) is 0 Å². The summed E-state index contributed by atoms with van der Waals surface area (Å²) in [6.45, 7) is 6.73. The fourth-order valence-electron chi connectivity index (χ4n) is 1.25. The molecule has 0 spiro atoms. The standard InChI is InChI=1S/C12H14N2Si/c1-15(2,3)9-5-11-4-7-14-8-6-13-12(14)10-11/h4,6-8,10H,1-3H3. The van der Waals surface area contributed by atoms with Gasteiger partial charge in [0.25, 0.3) is 0 Å². The molecule has 0 saturated heterocycles. The van der Waals surface area contributed by atoms with E-state index in [0.29, 0.717) is 0 Å². The molecule has 0 aliphatic rings. The Balaban J connectivity index is 2.39. The number of rotatable bonds is 0. The zero-order valence-electron chi connectivity index (χ0n) is 9.28. The van der Waals surface area contributed by atoms with Crippen LogP contribution in [0.25, 0.3) is 5.65 Å². The van der Waals surface area contributed by atoms with Crippen LogP contribution in [-0.4, -0.2) is 17.5 Å². The van der Waals surface area contributed by atoms with Gasteiger partial charge >= 0.3 is 0 Å². The minimum absolute atomic E-state index is 0.956. The normalized spacial score (nSPS) is 11.1. The third-order valence-corrected chi connectivity index (χ3v) is 2.85. The zero-order chi connectivity index (χ0) is 10.9. The van der Waals surface area contributed by atoms with Gasteiger partial charge in [0, 0.05) is 24.2 Å². The first-order chi connectivity index (χ1) is 7.04. The van der Waals surface area contributed by atoms with Crippen molar-refractivity contribution in [2.24, 2.45) is 0 Å². The van der Waals surface area contributed by atoms with Crippen molar-refractivity contribution < 1.29 is 0 Å². The average molecular weight is 214 g/mol. The predicted molar refractivity (Wildman–Crippen MR) is 65.4 cm³/mol. The summed E-state index contributed by atoms with van der Waals surface area (Å²) in [5.41, 5.74) is 5.35. The first kappa shape index (κ1) is 10.0. The molecule has 0 amide bonds. The van der Waals surface area contributed by atoms with E-state index in [1.807, 2.05) is 28.9 Å². The van der Waals surface area contributed by atoms with Crippen LogP contribution in [0.3, 0.4) is 0 Å². The Labute approximate surface area is 91.0 Å². The maximum Gasteiger partial charge on any atom is 0.137 e. The quantitative estimate of drug-likeness (QED) is 0.486. The molecule has 2 heterocycles. The molecule has 0 aromatic carbocycles. The number of aromatic nitrogens is 2. The van der Waals surface area contributed by atoms with Crippen LogP contribution in [0.1, 0.15) is 5.56 Å². The molecule has 2 rings (SSSR count). The fraction of sp³-hybridized carbons (Fsp3) is 0.250. The number of pyridine rings is 1. The lowest BCUT2D eigenvalue weighted by Crippen LogP contribution is -2.16. The molecule has 2 aromatic rings. The Morgan fingerprint density at radius 1 is 1.27 bits per heavy atom. The monoisotopic (exact) mass is 214 g/mol. The van der Waals surface area contributed by atoms with E-state index >= 15 is 0 Å². The zero-order valence-corrected chi connectivity index (χ0v) is 10.3. The maximum absolute atomic E-state index is 4.23. The number of fused-ring (bicyclic) bond motifs is 1. The number of nitrogens with zero attached hydrogens (tertiary/aromatic N) is 2. The van der Waals surface area contributed by atoms with Crippen LogP contribution < -0.4 is 0 Å². The Morgan fingerprint density at radius 3 is 2.80 bits per heavy atom. The van der Waals surface area contributed by atoms with Crippen molar-refractivity contribution in [2.45, 2.75) is 19.6 Å². The van der Waals surface area contributed by atoms with E-state index in [1.165, 1.54) is 0 Å². The van der Waals surface area contributed by atoms with Gasteiger partial charge in [-0.1, -0.05) is 25.6 Å². The molecule has 0 fully saturated rings. The highest BCUT2D eigenvalue weighted by molar-refractivity contribution is 6.83. The largest absolute Gasteiger partial charge is 0.307 e. The van der Waals surface area contributed by atoms with E-state index in [9.17, 15) is 0 Å². The SMILES string of the molecule is C[Si](C)(C)C#Cc1ccn2ccnc2c1. The number of hydrogen-bond donors (Lipinski definition) is 0. The molecule has 76 valence electrons. The van der Waals surface area contributed by atoms with Crippen LogP contribution in [0.15, 0.2) is 30.7 Å². The molecule has 0 N–H and O–H groups in total. The van der Waals surface area contributed by atoms with E-state index in [2.05, 4.69) is 36.1 Å². The summed E-state index contributed by atoms with van der Waals surface area (Å²) in [7, 11) is -1.28. The second-order valence-electron chi connectivity index (χ2n) is 4.61. The second-order valence-corrected chi connectivity index (χ2v) is 9.36. The lowest BCUT2D eigenvalue weighted by atomic mass is 10.3. The maximum atomic E-state index is 4.23. The van der Waals surface area contributed by atoms with E-state index in [-0.39, 0.29) is 0 Å². The predicted octanol–water partition coefficient (Wildman–Crippen LogP) is 2.56. The van der Waals surface area contributed by atoms with Gasteiger partial charge in [0.15, 0.2) is 0 Å². The van der Waals surface area contributed by atoms with E-state index in [1.54, 1.807) is 6.20 Å². The van der Waals surface area contributed by atoms with Gasteiger partial charge in [0.2, 0.25) is 0 Å². The summed E-state index contributed by atoms with van der Waals surface area (Å²) in [4.78, 5) is 4.23. The molecule has 15 heavy (non-hydrogen) atoms. The van der Waals surface area contributed by atoms with Crippen molar-refractivity contribution in [3.8, 4) is 11.5 Å². The molecule has 0 aliphatic carbocycles. The molecule has 0 unspecified atom stereocenters. The van der Waals surface area contributed by atoms with Crippen LogP contribution in [-0.2, 0) is 0 Å². The molecular weight excluding hydrogens is 200 g/mol. The number of imidazole rings is 1. The molecule has 0 bridgehead atoms. The Kier molecular flexibility index (Phi) is 2.37. The van der Waals surface area contributed by atoms with Gasteiger partial charge in [0.05, 0.1) is 0 Å². The lowest BCUT2D eigenvalue weighted by molar-refractivity contribution is 1.18. The first-order valence-electron chi connectivity index (χ1n) is 5.00. The smallest absolute Gasteiger partial charge is 0.137 e. The van der Waals surface area contributed by atoms with Crippen LogP contribution >= 0.6 is 0 Å². The minimum Gasteiger partial charge on any atom is -0.307 e. The average Bonchev–Trinajstić information content (AvgIpc) is 2.60. The molecule has 2 aromatic heterocycles. The fourth-order valence-corrected chi connectivity index (χ4v) is 1.77. The highest BCUT2D eigenvalue weighted by Crippen LogP contribution is 2.05. The van der Waals surface area contributed by atoms with E-state index in [0.717, 1.165) is 11.2 Å².